The van der Waals surface area contributed by atoms with Crippen molar-refractivity contribution in [3.8, 4) is 0 Å². The van der Waals surface area contributed by atoms with Crippen LogP contribution in [-0.4, -0.2) is 5.91 Å². The predicted molar refractivity (Wildman–Crippen MR) is 65.4 cm³/mol. The van der Waals surface area contributed by atoms with Crippen molar-refractivity contribution >= 4 is 11.6 Å². The van der Waals surface area contributed by atoms with Crippen molar-refractivity contribution in [2.24, 2.45) is 0 Å². The van der Waals surface area contributed by atoms with Crippen molar-refractivity contribution in [3.63, 3.8) is 0 Å². The van der Waals surface area contributed by atoms with Gasteiger partial charge in [-0.25, -0.2) is 13.2 Å². The van der Waals surface area contributed by atoms with Gasteiger partial charge in [0.05, 0.1) is 5.69 Å². The highest BCUT2D eigenvalue weighted by Gasteiger charge is 2.15. The zero-order chi connectivity index (χ0) is 14.0. The minimum atomic E-state index is -1.61. The fraction of sp³-hybridized carbons (Fsp3) is 0.0714. The van der Waals surface area contributed by atoms with Gasteiger partial charge in [-0.1, -0.05) is 17.7 Å². The lowest BCUT2D eigenvalue weighted by Crippen LogP contribution is -2.14. The Hall–Kier alpha value is -2.30. The van der Waals surface area contributed by atoms with Crippen molar-refractivity contribution in [1.29, 1.82) is 0 Å². The maximum atomic E-state index is 13.4. The number of hydrogen-bond donors (Lipinski definition) is 1. The highest BCUT2D eigenvalue weighted by atomic mass is 19.2. The smallest absolute Gasteiger partial charge is 0.255 e. The number of hydrogen-bond acceptors (Lipinski definition) is 1. The van der Waals surface area contributed by atoms with E-state index in [9.17, 15) is 18.0 Å². The number of carbonyl (C=O) groups excluding carboxylic acids is 1. The number of anilines is 1. The molecule has 0 heterocycles. The van der Waals surface area contributed by atoms with Crippen LogP contribution in [-0.2, 0) is 0 Å². The van der Waals surface area contributed by atoms with E-state index < -0.39 is 29.0 Å². The summed E-state index contributed by atoms with van der Waals surface area (Å²) in [6.45, 7) is 1.80. The first-order chi connectivity index (χ1) is 8.99. The Morgan fingerprint density at radius 3 is 2.47 bits per heavy atom. The summed E-state index contributed by atoms with van der Waals surface area (Å²) in [6, 6.07) is 8.35. The molecular formula is C14H10F3NO. The monoisotopic (exact) mass is 265 g/mol. The van der Waals surface area contributed by atoms with Crippen LogP contribution in [0.1, 0.15) is 15.9 Å². The molecule has 0 atom stereocenters. The van der Waals surface area contributed by atoms with Crippen LogP contribution in [0.15, 0.2) is 36.4 Å². The molecule has 0 radical (unpaired) electrons. The summed E-state index contributed by atoms with van der Waals surface area (Å²) < 4.78 is 39.1. The minimum absolute atomic E-state index is 0.309. The predicted octanol–water partition coefficient (Wildman–Crippen LogP) is 3.66. The molecule has 2 nitrogen and oxygen atoms in total. The van der Waals surface area contributed by atoms with Gasteiger partial charge in [0.1, 0.15) is 0 Å². The Morgan fingerprint density at radius 1 is 1.05 bits per heavy atom. The summed E-state index contributed by atoms with van der Waals surface area (Å²) in [6.07, 6.45) is 0. The molecule has 0 aromatic heterocycles. The number of aryl methyl sites for hydroxylation is 1. The topological polar surface area (TPSA) is 29.1 Å². The van der Waals surface area contributed by atoms with Crippen molar-refractivity contribution in [2.45, 2.75) is 6.92 Å². The molecule has 0 bridgehead atoms. The van der Waals surface area contributed by atoms with Crippen LogP contribution < -0.4 is 5.32 Å². The fourth-order valence-electron chi connectivity index (χ4n) is 1.60. The zero-order valence-corrected chi connectivity index (χ0v) is 10.0. The third-order valence-corrected chi connectivity index (χ3v) is 2.56. The van der Waals surface area contributed by atoms with Gasteiger partial charge in [-0.15, -0.1) is 0 Å². The summed E-state index contributed by atoms with van der Waals surface area (Å²) >= 11 is 0. The molecule has 0 spiro atoms. The second-order valence-corrected chi connectivity index (χ2v) is 4.05. The highest BCUT2D eigenvalue weighted by Crippen LogP contribution is 2.20. The van der Waals surface area contributed by atoms with Gasteiger partial charge in [0.15, 0.2) is 17.5 Å². The van der Waals surface area contributed by atoms with Crippen LogP contribution >= 0.6 is 0 Å². The summed E-state index contributed by atoms with van der Waals surface area (Å²) in [5, 5.41) is 2.20. The maximum Gasteiger partial charge on any atom is 0.255 e. The molecule has 98 valence electrons. The molecule has 0 aliphatic heterocycles. The number of rotatable bonds is 2. The largest absolute Gasteiger partial charge is 0.319 e. The molecule has 0 unspecified atom stereocenters. The van der Waals surface area contributed by atoms with Gasteiger partial charge in [-0.05, 0) is 31.2 Å². The Bertz CT molecular complexity index is 641. The first-order valence-electron chi connectivity index (χ1n) is 5.50. The van der Waals surface area contributed by atoms with E-state index in [1.807, 2.05) is 0 Å². The highest BCUT2D eigenvalue weighted by molar-refractivity contribution is 6.04. The summed E-state index contributed by atoms with van der Waals surface area (Å²) in [7, 11) is 0. The van der Waals surface area contributed by atoms with Crippen molar-refractivity contribution < 1.29 is 18.0 Å². The number of amides is 1. The van der Waals surface area contributed by atoms with Crippen LogP contribution in [0.2, 0.25) is 0 Å². The molecule has 2 aromatic carbocycles. The Labute approximate surface area is 107 Å². The molecule has 0 fully saturated rings. The van der Waals surface area contributed by atoms with E-state index >= 15 is 0 Å². The standard InChI is InChI=1S/C14H10F3NO/c1-8-3-2-4-9(7-8)14(19)18-11-6-5-10(15)12(16)13(11)17/h2-7H,1H3,(H,18,19). The number of halogens is 3. The Morgan fingerprint density at radius 2 is 1.79 bits per heavy atom. The van der Waals surface area contributed by atoms with E-state index in [2.05, 4.69) is 5.32 Å². The lowest BCUT2D eigenvalue weighted by molar-refractivity contribution is 0.102. The van der Waals surface area contributed by atoms with E-state index in [1.54, 1.807) is 31.2 Å². The van der Waals surface area contributed by atoms with Gasteiger partial charge in [-0.2, -0.15) is 0 Å². The quantitative estimate of drug-likeness (QED) is 0.825. The van der Waals surface area contributed by atoms with Gasteiger partial charge >= 0.3 is 0 Å². The Kier molecular flexibility index (Phi) is 3.55. The third-order valence-electron chi connectivity index (χ3n) is 2.56. The summed E-state index contributed by atoms with van der Waals surface area (Å²) in [5.41, 5.74) is 0.771. The molecule has 5 heteroatoms. The van der Waals surface area contributed by atoms with Crippen LogP contribution in [0.25, 0.3) is 0 Å². The molecule has 19 heavy (non-hydrogen) atoms. The van der Waals surface area contributed by atoms with Crippen LogP contribution in [0.5, 0.6) is 0 Å². The molecule has 0 saturated carbocycles. The van der Waals surface area contributed by atoms with Gasteiger partial charge in [-0.3, -0.25) is 4.79 Å². The van der Waals surface area contributed by atoms with Crippen molar-refractivity contribution in [3.05, 3.63) is 65.0 Å². The lowest BCUT2D eigenvalue weighted by atomic mass is 10.1. The van der Waals surface area contributed by atoms with E-state index in [-0.39, 0.29) is 0 Å². The van der Waals surface area contributed by atoms with Crippen LogP contribution in [0, 0.1) is 24.4 Å². The van der Waals surface area contributed by atoms with Crippen LogP contribution in [0.3, 0.4) is 0 Å². The zero-order valence-electron chi connectivity index (χ0n) is 10.0. The number of benzene rings is 2. The van der Waals surface area contributed by atoms with Gasteiger partial charge in [0.25, 0.3) is 5.91 Å². The number of nitrogens with one attached hydrogen (secondary N) is 1. The molecule has 1 N–H and O–H groups in total. The Balaban J connectivity index is 2.27. The van der Waals surface area contributed by atoms with E-state index in [0.29, 0.717) is 5.56 Å². The molecule has 2 rings (SSSR count). The molecule has 0 aliphatic rings. The molecule has 0 saturated heterocycles. The number of carbonyl (C=O) groups is 1. The third kappa shape index (κ3) is 2.76. The maximum absolute atomic E-state index is 13.4. The molecule has 0 aliphatic carbocycles. The van der Waals surface area contributed by atoms with E-state index in [0.717, 1.165) is 17.7 Å². The van der Waals surface area contributed by atoms with Crippen molar-refractivity contribution in [2.75, 3.05) is 5.32 Å². The SMILES string of the molecule is Cc1cccc(C(=O)Nc2ccc(F)c(F)c2F)c1. The van der Waals surface area contributed by atoms with Crippen molar-refractivity contribution in [1.82, 2.24) is 0 Å². The molecular weight excluding hydrogens is 255 g/mol. The van der Waals surface area contributed by atoms with Gasteiger partial charge < -0.3 is 5.32 Å². The van der Waals surface area contributed by atoms with Gasteiger partial charge in [0.2, 0.25) is 0 Å². The summed E-state index contributed by atoms with van der Waals surface area (Å²) in [4.78, 5) is 11.8. The average Bonchev–Trinajstić information content (AvgIpc) is 2.39. The molecule has 1 amide bonds. The van der Waals surface area contributed by atoms with E-state index in [1.165, 1.54) is 0 Å². The van der Waals surface area contributed by atoms with E-state index in [4.69, 9.17) is 0 Å². The normalized spacial score (nSPS) is 10.3. The molecule has 2 aromatic rings. The second-order valence-electron chi connectivity index (χ2n) is 4.05. The first kappa shape index (κ1) is 13.1. The van der Waals surface area contributed by atoms with Crippen LogP contribution in [0.4, 0.5) is 18.9 Å². The minimum Gasteiger partial charge on any atom is -0.319 e. The van der Waals surface area contributed by atoms with Gasteiger partial charge in [0, 0.05) is 5.56 Å². The summed E-state index contributed by atoms with van der Waals surface area (Å²) in [5.74, 6) is -4.91. The fourth-order valence-corrected chi connectivity index (χ4v) is 1.60. The second kappa shape index (κ2) is 5.14. The lowest BCUT2D eigenvalue weighted by Gasteiger charge is -2.07. The first-order valence-corrected chi connectivity index (χ1v) is 5.50. The average molecular weight is 265 g/mol.